The maximum Gasteiger partial charge on any atom is 0.409 e. The minimum absolute atomic E-state index is 0.531. The standard InChI is InChI=1S/C11H17BN2O3S/c1-12(15)14-7-3-4-9-5-6-10(8-11(9)14)13-18(2,16)17/h5-6,8,13,15H,3-4,7H2,1-2H3. The number of rotatable bonds is 3. The molecule has 1 aliphatic heterocycles. The molecule has 0 saturated carbocycles. The van der Waals surface area contributed by atoms with Crippen LogP contribution >= 0.6 is 0 Å². The van der Waals surface area contributed by atoms with Gasteiger partial charge in [0.25, 0.3) is 0 Å². The molecule has 0 fully saturated rings. The van der Waals surface area contributed by atoms with Gasteiger partial charge in [-0.25, -0.2) is 8.42 Å². The molecule has 0 saturated heterocycles. The van der Waals surface area contributed by atoms with Crippen LogP contribution in [0.3, 0.4) is 0 Å². The van der Waals surface area contributed by atoms with Crippen molar-refractivity contribution in [1.82, 2.24) is 0 Å². The smallest absolute Gasteiger partial charge is 0.409 e. The average molecular weight is 268 g/mol. The fraction of sp³-hybridized carbons (Fsp3) is 0.455. The summed E-state index contributed by atoms with van der Waals surface area (Å²) in [6, 6.07) is 5.45. The molecule has 18 heavy (non-hydrogen) atoms. The van der Waals surface area contributed by atoms with Crippen molar-refractivity contribution in [3.63, 3.8) is 0 Å². The van der Waals surface area contributed by atoms with Gasteiger partial charge in [0, 0.05) is 12.2 Å². The summed E-state index contributed by atoms with van der Waals surface area (Å²) in [4.78, 5) is 1.88. The van der Waals surface area contributed by atoms with Gasteiger partial charge in [-0.3, -0.25) is 4.72 Å². The highest BCUT2D eigenvalue weighted by atomic mass is 32.2. The van der Waals surface area contributed by atoms with E-state index in [9.17, 15) is 13.4 Å². The first-order valence-corrected chi connectivity index (χ1v) is 7.81. The zero-order valence-corrected chi connectivity index (χ0v) is 11.4. The van der Waals surface area contributed by atoms with Gasteiger partial charge >= 0.3 is 7.05 Å². The van der Waals surface area contributed by atoms with Crippen LogP contribution in [0.4, 0.5) is 11.4 Å². The molecular formula is C11H17BN2O3S. The van der Waals surface area contributed by atoms with Crippen LogP contribution in [0, 0.1) is 0 Å². The molecule has 7 heteroatoms. The fourth-order valence-electron chi connectivity index (χ4n) is 2.27. The second-order valence-corrected chi connectivity index (χ2v) is 6.39. The van der Waals surface area contributed by atoms with Crippen molar-refractivity contribution in [2.45, 2.75) is 19.7 Å². The highest BCUT2D eigenvalue weighted by molar-refractivity contribution is 7.92. The van der Waals surface area contributed by atoms with Gasteiger partial charge in [-0.15, -0.1) is 0 Å². The second-order valence-electron chi connectivity index (χ2n) is 4.65. The Morgan fingerprint density at radius 2 is 2.17 bits per heavy atom. The number of hydrogen-bond donors (Lipinski definition) is 2. The Hall–Kier alpha value is -1.21. The number of fused-ring (bicyclic) bond motifs is 1. The third-order valence-electron chi connectivity index (χ3n) is 2.99. The lowest BCUT2D eigenvalue weighted by Gasteiger charge is -2.32. The molecule has 0 atom stereocenters. The third-order valence-corrected chi connectivity index (χ3v) is 3.60. The van der Waals surface area contributed by atoms with Crippen molar-refractivity contribution >= 4 is 28.4 Å². The van der Waals surface area contributed by atoms with E-state index in [1.54, 1.807) is 19.0 Å². The van der Waals surface area contributed by atoms with Crippen LogP contribution in [0.15, 0.2) is 18.2 Å². The van der Waals surface area contributed by atoms with Crippen LogP contribution in [0.2, 0.25) is 6.82 Å². The lowest BCUT2D eigenvalue weighted by Crippen LogP contribution is -2.40. The molecule has 0 aliphatic carbocycles. The van der Waals surface area contributed by atoms with Crippen molar-refractivity contribution in [2.75, 3.05) is 22.3 Å². The van der Waals surface area contributed by atoms with Crippen LogP contribution in [0.5, 0.6) is 0 Å². The molecule has 0 aromatic heterocycles. The van der Waals surface area contributed by atoms with Gasteiger partial charge in [-0.1, -0.05) is 6.07 Å². The molecule has 0 bridgehead atoms. The number of nitrogens with zero attached hydrogens (tertiary/aromatic N) is 1. The zero-order chi connectivity index (χ0) is 13.3. The molecule has 2 rings (SSSR count). The summed E-state index contributed by atoms with van der Waals surface area (Å²) in [5.74, 6) is 0. The summed E-state index contributed by atoms with van der Waals surface area (Å²) in [5.41, 5.74) is 2.58. The van der Waals surface area contributed by atoms with Crippen molar-refractivity contribution in [3.05, 3.63) is 23.8 Å². The molecule has 1 aromatic rings. The predicted molar refractivity (Wildman–Crippen MR) is 74.4 cm³/mol. The maximum absolute atomic E-state index is 11.2. The summed E-state index contributed by atoms with van der Waals surface area (Å²) in [5, 5.41) is 9.73. The first-order valence-electron chi connectivity index (χ1n) is 5.92. The van der Waals surface area contributed by atoms with E-state index in [1.807, 2.05) is 10.9 Å². The summed E-state index contributed by atoms with van der Waals surface area (Å²) in [7, 11) is -3.84. The van der Waals surface area contributed by atoms with E-state index >= 15 is 0 Å². The Kier molecular flexibility index (Phi) is 3.54. The van der Waals surface area contributed by atoms with Crippen LogP contribution in [0.25, 0.3) is 0 Å². The topological polar surface area (TPSA) is 69.6 Å². The van der Waals surface area contributed by atoms with E-state index in [2.05, 4.69) is 4.72 Å². The Morgan fingerprint density at radius 3 is 2.78 bits per heavy atom. The van der Waals surface area contributed by atoms with Gasteiger partial charge < -0.3 is 9.83 Å². The minimum Gasteiger partial charge on any atom is -0.432 e. The van der Waals surface area contributed by atoms with E-state index < -0.39 is 17.1 Å². The molecule has 1 heterocycles. The van der Waals surface area contributed by atoms with E-state index in [4.69, 9.17) is 0 Å². The van der Waals surface area contributed by atoms with Gasteiger partial charge in [-0.05, 0) is 37.4 Å². The number of benzene rings is 1. The van der Waals surface area contributed by atoms with E-state index in [-0.39, 0.29) is 0 Å². The van der Waals surface area contributed by atoms with E-state index in [1.165, 1.54) is 0 Å². The SMILES string of the molecule is CB(O)N1CCCc2ccc(NS(C)(=O)=O)cc21. The van der Waals surface area contributed by atoms with Gasteiger partial charge in [0.05, 0.1) is 11.9 Å². The van der Waals surface area contributed by atoms with Crippen LogP contribution in [0.1, 0.15) is 12.0 Å². The number of nitrogens with one attached hydrogen (secondary N) is 1. The van der Waals surface area contributed by atoms with Crippen molar-refractivity contribution in [1.29, 1.82) is 0 Å². The lowest BCUT2D eigenvalue weighted by molar-refractivity contribution is 0.563. The molecule has 2 N–H and O–H groups in total. The highest BCUT2D eigenvalue weighted by Gasteiger charge is 2.23. The molecule has 98 valence electrons. The van der Waals surface area contributed by atoms with E-state index in [0.29, 0.717) is 5.69 Å². The second kappa shape index (κ2) is 4.82. The number of sulfonamides is 1. The number of hydrogen-bond acceptors (Lipinski definition) is 4. The Morgan fingerprint density at radius 1 is 1.44 bits per heavy atom. The summed E-state index contributed by atoms with van der Waals surface area (Å²) in [6.07, 6.45) is 3.08. The molecule has 1 aromatic carbocycles. The summed E-state index contributed by atoms with van der Waals surface area (Å²) >= 11 is 0. The van der Waals surface area contributed by atoms with Crippen molar-refractivity contribution in [2.24, 2.45) is 0 Å². The zero-order valence-electron chi connectivity index (χ0n) is 10.5. The molecule has 5 nitrogen and oxygen atoms in total. The molecular weight excluding hydrogens is 251 g/mol. The monoisotopic (exact) mass is 268 g/mol. The minimum atomic E-state index is -3.27. The average Bonchev–Trinajstić information content (AvgIpc) is 2.25. The molecule has 0 spiro atoms. The first-order chi connectivity index (χ1) is 8.37. The molecule has 0 radical (unpaired) electrons. The lowest BCUT2D eigenvalue weighted by atomic mass is 9.81. The van der Waals surface area contributed by atoms with Gasteiger partial charge in [0.1, 0.15) is 0 Å². The van der Waals surface area contributed by atoms with Crippen molar-refractivity contribution < 1.29 is 13.4 Å². The Bertz CT molecular complexity index is 545. The molecule has 0 unspecified atom stereocenters. The number of aryl methyl sites for hydroxylation is 1. The normalized spacial score (nSPS) is 15.2. The van der Waals surface area contributed by atoms with Crippen molar-refractivity contribution in [3.8, 4) is 0 Å². The largest absolute Gasteiger partial charge is 0.432 e. The Labute approximate surface area is 108 Å². The van der Waals surface area contributed by atoms with Crippen LogP contribution in [-0.2, 0) is 16.4 Å². The number of anilines is 2. The highest BCUT2D eigenvalue weighted by Crippen LogP contribution is 2.30. The van der Waals surface area contributed by atoms with Gasteiger partial charge in [-0.2, -0.15) is 0 Å². The van der Waals surface area contributed by atoms with Gasteiger partial charge in [0.15, 0.2) is 0 Å². The summed E-state index contributed by atoms with van der Waals surface area (Å²) in [6.45, 7) is 2.50. The quantitative estimate of drug-likeness (QED) is 0.800. The maximum atomic E-state index is 11.2. The predicted octanol–water partition coefficient (Wildman–Crippen LogP) is 0.921. The fourth-order valence-corrected chi connectivity index (χ4v) is 2.82. The summed E-state index contributed by atoms with van der Waals surface area (Å²) < 4.78 is 24.9. The first kappa shape index (κ1) is 13.2. The molecule has 1 aliphatic rings. The molecule has 0 amide bonds. The van der Waals surface area contributed by atoms with Crippen LogP contribution in [-0.4, -0.2) is 33.3 Å². The van der Waals surface area contributed by atoms with E-state index in [0.717, 1.165) is 36.9 Å². The van der Waals surface area contributed by atoms with Crippen LogP contribution < -0.4 is 9.53 Å². The third kappa shape index (κ3) is 2.97. The Balaban J connectivity index is 2.37. The van der Waals surface area contributed by atoms with Gasteiger partial charge in [0.2, 0.25) is 10.0 Å².